The van der Waals surface area contributed by atoms with Crippen LogP contribution in [0.5, 0.6) is 0 Å². The van der Waals surface area contributed by atoms with E-state index in [2.05, 4.69) is 38.2 Å². The highest BCUT2D eigenvalue weighted by molar-refractivity contribution is 5.89. The Morgan fingerprint density at radius 2 is 1.66 bits per heavy atom. The molecule has 5 fully saturated rings. The molecule has 7 atom stereocenters. The summed E-state index contributed by atoms with van der Waals surface area (Å²) in [5, 5.41) is 13.9. The van der Waals surface area contributed by atoms with Crippen molar-refractivity contribution in [1.82, 2.24) is 31.6 Å². The molecule has 2 saturated carbocycles. The molecule has 0 aromatic carbocycles. The lowest BCUT2D eigenvalue weighted by Gasteiger charge is -2.35. The summed E-state index contributed by atoms with van der Waals surface area (Å²) in [5.74, 6) is 0.541. The topological polar surface area (TPSA) is 107 Å². The van der Waals surface area contributed by atoms with Gasteiger partial charge < -0.3 is 15.5 Å². The number of nitrogens with zero attached hydrogens (tertiary/aromatic N) is 1. The van der Waals surface area contributed by atoms with E-state index in [1.165, 1.54) is 57.8 Å². The van der Waals surface area contributed by atoms with Crippen molar-refractivity contribution < 1.29 is 14.4 Å². The molecule has 3 aliphatic heterocycles. The number of amides is 2. The summed E-state index contributed by atoms with van der Waals surface area (Å²) >= 11 is 0. The van der Waals surface area contributed by atoms with Gasteiger partial charge >= 0.3 is 0 Å². The van der Waals surface area contributed by atoms with E-state index in [1.807, 2.05) is 13.8 Å². The summed E-state index contributed by atoms with van der Waals surface area (Å²) in [4.78, 5) is 35.0. The fraction of sp³-hybridized carbons (Fsp3) is 0.862. The molecule has 5 rings (SSSR count). The number of likely N-dealkylation sites (tertiary alicyclic amines) is 1. The van der Waals surface area contributed by atoms with E-state index in [9.17, 15) is 9.59 Å². The van der Waals surface area contributed by atoms with Crippen molar-refractivity contribution in [3.63, 3.8) is 0 Å². The summed E-state index contributed by atoms with van der Waals surface area (Å²) in [7, 11) is 0. The summed E-state index contributed by atoms with van der Waals surface area (Å²) < 4.78 is 0. The molecule has 5 aliphatic rings. The lowest BCUT2D eigenvalue weighted by molar-refractivity contribution is -0.136. The highest BCUT2D eigenvalue weighted by Gasteiger charge is 2.40. The van der Waals surface area contributed by atoms with Gasteiger partial charge in [-0.2, -0.15) is 5.48 Å². The Hall–Kier alpha value is -1.68. The van der Waals surface area contributed by atoms with Gasteiger partial charge in [-0.3, -0.25) is 25.1 Å². The van der Waals surface area contributed by atoms with Crippen LogP contribution in [-0.2, 0) is 14.4 Å². The Labute approximate surface area is 228 Å². The van der Waals surface area contributed by atoms with Gasteiger partial charge in [-0.1, -0.05) is 38.7 Å². The van der Waals surface area contributed by atoms with E-state index in [0.29, 0.717) is 29.7 Å². The second-order valence-electron chi connectivity index (χ2n) is 12.6. The first kappa shape index (κ1) is 27.9. The lowest BCUT2D eigenvalue weighted by atomic mass is 9.83. The van der Waals surface area contributed by atoms with Crippen molar-refractivity contribution >= 4 is 11.8 Å². The monoisotopic (exact) mass is 530 g/mol. The van der Waals surface area contributed by atoms with Gasteiger partial charge in [-0.25, -0.2) is 0 Å². The maximum absolute atomic E-state index is 13.7. The molecule has 2 amide bonds. The maximum Gasteiger partial charge on any atom is 0.243 e. The molecule has 214 valence electrons. The maximum atomic E-state index is 13.7. The second-order valence-corrected chi connectivity index (χ2v) is 12.6. The van der Waals surface area contributed by atoms with Gasteiger partial charge in [0.2, 0.25) is 11.8 Å². The van der Waals surface area contributed by atoms with Crippen LogP contribution in [0.25, 0.3) is 0 Å². The van der Waals surface area contributed by atoms with Crippen LogP contribution in [0.3, 0.4) is 0 Å². The standard InChI is InChI=1S/C29H50N6O3/c1-18-16-24(34-38-18)19(2)30-25(17-27(36)35-15-9-14-26(35)21-10-5-4-6-11-21)29(37)31-20(3)28-32-22-12-7-8-13-23(22)33-28/h18,20-26,28,30,32-34H,2,4-17H2,1,3H3,(H,31,37)/t18?,20?,22?,23?,24?,25-,26+,28?/m0/s1. The van der Waals surface area contributed by atoms with Crippen molar-refractivity contribution in [1.29, 1.82) is 0 Å². The molecule has 38 heavy (non-hydrogen) atoms. The molecule has 3 saturated heterocycles. The number of carbonyl (C=O) groups is 2. The van der Waals surface area contributed by atoms with Gasteiger partial charge in [-0.05, 0) is 64.7 Å². The van der Waals surface area contributed by atoms with Gasteiger partial charge in [0.25, 0.3) is 0 Å². The predicted octanol–water partition coefficient (Wildman–Crippen LogP) is 2.44. The first-order valence-electron chi connectivity index (χ1n) is 15.4. The Kier molecular flexibility index (Phi) is 9.29. The summed E-state index contributed by atoms with van der Waals surface area (Å²) in [6.45, 7) is 9.06. The molecule has 5 N–H and O–H groups in total. The summed E-state index contributed by atoms with van der Waals surface area (Å²) in [6.07, 6.45) is 14.4. The van der Waals surface area contributed by atoms with Crippen LogP contribution in [0.1, 0.15) is 97.3 Å². The molecule has 0 radical (unpaired) electrons. The first-order chi connectivity index (χ1) is 18.4. The lowest BCUT2D eigenvalue weighted by Crippen LogP contribution is -2.56. The molecular formula is C29H50N6O3. The normalized spacial score (nSPS) is 35.5. The number of fused-ring (bicyclic) bond motifs is 1. The number of rotatable bonds is 9. The number of hydroxylamine groups is 1. The average molecular weight is 531 g/mol. The SMILES string of the molecule is C=C(N[C@@H](CC(=O)N1CCC[C@@H]1C1CCCCC1)C(=O)NC(C)C1NC2CCCCC2N1)C1CC(C)ON1. The zero-order valence-corrected chi connectivity index (χ0v) is 23.5. The van der Waals surface area contributed by atoms with Crippen LogP contribution in [0, 0.1) is 5.92 Å². The Morgan fingerprint density at radius 3 is 2.32 bits per heavy atom. The second kappa shape index (κ2) is 12.7. The van der Waals surface area contributed by atoms with Crippen molar-refractivity contribution in [2.75, 3.05) is 6.54 Å². The highest BCUT2D eigenvalue weighted by Crippen LogP contribution is 2.34. The van der Waals surface area contributed by atoms with Crippen molar-refractivity contribution in [3.05, 3.63) is 12.3 Å². The van der Waals surface area contributed by atoms with Crippen LogP contribution in [0.4, 0.5) is 0 Å². The number of hydrogen-bond donors (Lipinski definition) is 5. The van der Waals surface area contributed by atoms with Gasteiger partial charge in [0, 0.05) is 30.4 Å². The van der Waals surface area contributed by atoms with E-state index in [-0.39, 0.29) is 42.6 Å². The van der Waals surface area contributed by atoms with Crippen LogP contribution in [0.2, 0.25) is 0 Å². The van der Waals surface area contributed by atoms with Gasteiger partial charge in [0.15, 0.2) is 0 Å². The van der Waals surface area contributed by atoms with Gasteiger partial charge in [-0.15, -0.1) is 0 Å². The third kappa shape index (κ3) is 6.54. The quantitative estimate of drug-likeness (QED) is 0.312. The number of hydrogen-bond acceptors (Lipinski definition) is 7. The Balaban J connectivity index is 1.23. The Bertz CT molecular complexity index is 834. The average Bonchev–Trinajstić information content (AvgIpc) is 3.68. The first-order valence-corrected chi connectivity index (χ1v) is 15.4. The number of carbonyl (C=O) groups excluding carboxylic acids is 2. The molecular weight excluding hydrogens is 480 g/mol. The molecule has 3 heterocycles. The van der Waals surface area contributed by atoms with Crippen LogP contribution >= 0.6 is 0 Å². The van der Waals surface area contributed by atoms with E-state index in [4.69, 9.17) is 4.84 Å². The fourth-order valence-electron chi connectivity index (χ4n) is 7.51. The molecule has 0 aromatic rings. The fourth-order valence-corrected chi connectivity index (χ4v) is 7.51. The molecule has 0 bridgehead atoms. The summed E-state index contributed by atoms with van der Waals surface area (Å²) in [6, 6.07) is 0.420. The third-order valence-electron chi connectivity index (χ3n) is 9.69. The van der Waals surface area contributed by atoms with E-state index in [1.54, 1.807) is 0 Å². The minimum atomic E-state index is -0.675. The molecule has 5 unspecified atom stereocenters. The minimum Gasteiger partial charge on any atom is -0.376 e. The van der Waals surface area contributed by atoms with Crippen LogP contribution in [-0.4, -0.2) is 71.8 Å². The minimum absolute atomic E-state index is 0.0339. The molecule has 2 aliphatic carbocycles. The molecule has 0 aromatic heterocycles. The van der Waals surface area contributed by atoms with E-state index >= 15 is 0 Å². The zero-order chi connectivity index (χ0) is 26.6. The number of nitrogens with one attached hydrogen (secondary N) is 5. The van der Waals surface area contributed by atoms with Crippen LogP contribution in [0.15, 0.2) is 12.3 Å². The molecule has 9 heteroatoms. The van der Waals surface area contributed by atoms with Crippen molar-refractivity contribution in [3.8, 4) is 0 Å². The van der Waals surface area contributed by atoms with Gasteiger partial charge in [0.05, 0.1) is 30.8 Å². The molecule has 0 spiro atoms. The van der Waals surface area contributed by atoms with Crippen molar-refractivity contribution in [2.45, 2.75) is 146 Å². The van der Waals surface area contributed by atoms with Gasteiger partial charge in [0.1, 0.15) is 6.04 Å². The zero-order valence-electron chi connectivity index (χ0n) is 23.5. The van der Waals surface area contributed by atoms with Crippen molar-refractivity contribution in [2.24, 2.45) is 5.92 Å². The predicted molar refractivity (Wildman–Crippen MR) is 148 cm³/mol. The van der Waals surface area contributed by atoms with Crippen LogP contribution < -0.4 is 26.7 Å². The Morgan fingerprint density at radius 1 is 0.974 bits per heavy atom. The molecule has 9 nitrogen and oxygen atoms in total. The van der Waals surface area contributed by atoms with E-state index in [0.717, 1.165) is 25.8 Å². The third-order valence-corrected chi connectivity index (χ3v) is 9.69. The smallest absolute Gasteiger partial charge is 0.243 e. The summed E-state index contributed by atoms with van der Waals surface area (Å²) in [5.41, 5.74) is 3.71. The van der Waals surface area contributed by atoms with E-state index < -0.39 is 6.04 Å². The largest absolute Gasteiger partial charge is 0.376 e. The highest BCUT2D eigenvalue weighted by atomic mass is 16.7.